The van der Waals surface area contributed by atoms with Gasteiger partial charge in [-0.15, -0.1) is 0 Å². The number of benzene rings is 2. The van der Waals surface area contributed by atoms with Crippen LogP contribution < -0.4 is 4.90 Å². The van der Waals surface area contributed by atoms with E-state index >= 15 is 0 Å². The van der Waals surface area contributed by atoms with Crippen molar-refractivity contribution in [1.29, 1.82) is 5.26 Å². The first-order valence-corrected chi connectivity index (χ1v) is 10.00. The number of nitriles is 1. The number of aromatic nitrogens is 2. The molecule has 132 valence electrons. The first-order chi connectivity index (χ1) is 13.2. The zero-order valence-corrected chi connectivity index (χ0v) is 16.0. The Morgan fingerprint density at radius 2 is 1.96 bits per heavy atom. The van der Waals surface area contributed by atoms with Crippen LogP contribution in [-0.2, 0) is 4.79 Å². The van der Waals surface area contributed by atoms with Crippen LogP contribution in [0, 0.1) is 11.3 Å². The van der Waals surface area contributed by atoms with E-state index in [0.29, 0.717) is 5.03 Å². The molecule has 27 heavy (non-hydrogen) atoms. The molecule has 2 aromatic carbocycles. The van der Waals surface area contributed by atoms with Crippen LogP contribution in [0.3, 0.4) is 0 Å². The first-order valence-electron chi connectivity index (χ1n) is 8.20. The summed E-state index contributed by atoms with van der Waals surface area (Å²) in [6, 6.07) is 17.7. The predicted octanol–water partition coefficient (Wildman–Crippen LogP) is 4.27. The maximum Gasteiger partial charge on any atom is 0.186 e. The summed E-state index contributed by atoms with van der Waals surface area (Å²) in [5.41, 5.74) is 2.03. The van der Waals surface area contributed by atoms with Gasteiger partial charge in [0.25, 0.3) is 0 Å². The van der Waals surface area contributed by atoms with Crippen LogP contribution in [0.25, 0.3) is 10.9 Å². The van der Waals surface area contributed by atoms with Gasteiger partial charge in [0, 0.05) is 17.3 Å². The summed E-state index contributed by atoms with van der Waals surface area (Å²) in [6.45, 7) is 0. The summed E-state index contributed by atoms with van der Waals surface area (Å²) < 4.78 is 0. The number of hydrogen-bond donors (Lipinski definition) is 0. The highest BCUT2D eigenvalue weighted by Gasteiger charge is 2.27. The van der Waals surface area contributed by atoms with E-state index < -0.39 is 0 Å². The van der Waals surface area contributed by atoms with Crippen molar-refractivity contribution >= 4 is 45.9 Å². The van der Waals surface area contributed by atoms with Crippen molar-refractivity contribution in [2.24, 2.45) is 0 Å². The molecular formula is C20H14N4OS2. The van der Waals surface area contributed by atoms with Crippen LogP contribution in [-0.4, -0.2) is 28.6 Å². The van der Waals surface area contributed by atoms with Crippen molar-refractivity contribution in [3.63, 3.8) is 0 Å². The van der Waals surface area contributed by atoms with Crippen LogP contribution >= 0.6 is 23.5 Å². The number of thioether (sulfide) groups is 2. The van der Waals surface area contributed by atoms with Gasteiger partial charge in [-0.3, -0.25) is 4.79 Å². The summed E-state index contributed by atoms with van der Waals surface area (Å²) in [4.78, 5) is 24.3. The minimum atomic E-state index is -0.202. The fourth-order valence-corrected chi connectivity index (χ4v) is 4.88. The largest absolute Gasteiger partial charge is 0.337 e. The molecule has 0 atom stereocenters. The number of rotatable bonds is 4. The molecule has 5 nitrogen and oxygen atoms in total. The third-order valence-corrected chi connectivity index (χ3v) is 6.43. The molecule has 0 spiro atoms. The number of Topliss-reactive ketones (excluding diaryl/α,β-unsaturated/α-hetero) is 1. The summed E-state index contributed by atoms with van der Waals surface area (Å²) in [5, 5.41) is 11.9. The topological polar surface area (TPSA) is 69.9 Å². The zero-order valence-electron chi connectivity index (χ0n) is 14.4. The summed E-state index contributed by atoms with van der Waals surface area (Å²) in [5.74, 6) is -0.0506. The molecule has 0 aliphatic carbocycles. The number of fused-ring (bicyclic) bond motifs is 2. The number of ketones is 1. The number of carbonyl (C=O) groups is 1. The fraction of sp³-hybridized carbons (Fsp3) is 0.100. The second-order valence-corrected chi connectivity index (χ2v) is 7.82. The smallest absolute Gasteiger partial charge is 0.186 e. The Balaban J connectivity index is 1.58. The lowest BCUT2D eigenvalue weighted by Gasteiger charge is -2.14. The van der Waals surface area contributed by atoms with Gasteiger partial charge in [0.05, 0.1) is 17.0 Å². The van der Waals surface area contributed by atoms with Gasteiger partial charge in [-0.1, -0.05) is 53.9 Å². The zero-order chi connectivity index (χ0) is 18.8. The van der Waals surface area contributed by atoms with Crippen LogP contribution in [0.5, 0.6) is 0 Å². The van der Waals surface area contributed by atoms with E-state index in [4.69, 9.17) is 0 Å². The van der Waals surface area contributed by atoms with Gasteiger partial charge >= 0.3 is 0 Å². The van der Waals surface area contributed by atoms with Crippen LogP contribution in [0.1, 0.15) is 0 Å². The molecule has 0 fully saturated rings. The highest BCUT2D eigenvalue weighted by Crippen LogP contribution is 2.46. The third kappa shape index (κ3) is 3.29. The van der Waals surface area contributed by atoms with Gasteiger partial charge in [-0.25, -0.2) is 9.97 Å². The van der Waals surface area contributed by atoms with E-state index in [9.17, 15) is 10.1 Å². The van der Waals surface area contributed by atoms with E-state index in [-0.39, 0.29) is 17.1 Å². The standard InChI is InChI=1S/C20H14N4OS2/c1-24-16-8-4-5-9-18(16)27-20(24)14(10-21)17(25)11-26-19-13-6-2-3-7-15(13)22-12-23-19/h2-9,12H,11H2,1H3/b20-14-. The quantitative estimate of drug-likeness (QED) is 0.285. The van der Waals surface area contributed by atoms with Crippen LogP contribution in [0.15, 0.2) is 75.4 Å². The molecule has 0 N–H and O–H groups in total. The molecular weight excluding hydrogens is 376 g/mol. The molecule has 0 saturated carbocycles. The summed E-state index contributed by atoms with van der Waals surface area (Å²) in [7, 11) is 1.88. The molecule has 1 aliphatic heterocycles. The third-order valence-electron chi connectivity index (χ3n) is 4.19. The van der Waals surface area contributed by atoms with Crippen molar-refractivity contribution in [3.05, 3.63) is 65.5 Å². The minimum absolute atomic E-state index is 0.151. The predicted molar refractivity (Wildman–Crippen MR) is 109 cm³/mol. The number of allylic oxidation sites excluding steroid dienone is 1. The molecule has 0 radical (unpaired) electrons. The van der Waals surface area contributed by atoms with Crippen molar-refractivity contribution in [1.82, 2.24) is 9.97 Å². The highest BCUT2D eigenvalue weighted by atomic mass is 32.2. The molecule has 1 aromatic heterocycles. The van der Waals surface area contributed by atoms with Gasteiger partial charge in [0.15, 0.2) is 5.78 Å². The van der Waals surface area contributed by atoms with Gasteiger partial charge in [0.2, 0.25) is 0 Å². The lowest BCUT2D eigenvalue weighted by molar-refractivity contribution is -0.112. The fourth-order valence-electron chi connectivity index (χ4n) is 2.85. The van der Waals surface area contributed by atoms with E-state index in [2.05, 4.69) is 16.0 Å². The number of anilines is 1. The summed E-state index contributed by atoms with van der Waals surface area (Å²) >= 11 is 2.79. The normalized spacial score (nSPS) is 14.7. The Bertz CT molecular complexity index is 1110. The molecule has 7 heteroatoms. The van der Waals surface area contributed by atoms with Gasteiger partial charge in [-0.2, -0.15) is 5.26 Å². The van der Waals surface area contributed by atoms with Crippen molar-refractivity contribution in [3.8, 4) is 6.07 Å². The Kier molecular flexibility index (Phi) is 4.84. The Morgan fingerprint density at radius 1 is 1.19 bits per heavy atom. The maximum absolute atomic E-state index is 12.8. The van der Waals surface area contributed by atoms with Crippen molar-refractivity contribution in [2.45, 2.75) is 9.92 Å². The molecule has 0 saturated heterocycles. The Labute approximate surface area is 165 Å². The SMILES string of the molecule is CN1/C(=C(\C#N)C(=O)CSc2ncnc3ccccc23)Sc2ccccc21. The Morgan fingerprint density at radius 3 is 2.78 bits per heavy atom. The van der Waals surface area contributed by atoms with E-state index in [1.807, 2.05) is 60.5 Å². The lowest BCUT2D eigenvalue weighted by atomic mass is 10.2. The Hall–Kier alpha value is -2.82. The molecule has 0 unspecified atom stereocenters. The van der Waals surface area contributed by atoms with Gasteiger partial charge in [-0.05, 0) is 18.2 Å². The molecule has 2 heterocycles. The number of nitrogens with zero attached hydrogens (tertiary/aromatic N) is 4. The number of hydrogen-bond acceptors (Lipinski definition) is 7. The number of para-hydroxylation sites is 2. The maximum atomic E-state index is 12.8. The average molecular weight is 390 g/mol. The summed E-state index contributed by atoms with van der Waals surface area (Å²) in [6.07, 6.45) is 1.50. The minimum Gasteiger partial charge on any atom is -0.337 e. The molecule has 0 amide bonds. The monoisotopic (exact) mass is 390 g/mol. The van der Waals surface area contributed by atoms with Crippen LogP contribution in [0.2, 0.25) is 0 Å². The first kappa shape index (κ1) is 17.6. The average Bonchev–Trinajstić information content (AvgIpc) is 3.03. The van der Waals surface area contributed by atoms with Gasteiger partial charge in [0.1, 0.15) is 28.0 Å². The van der Waals surface area contributed by atoms with Crippen molar-refractivity contribution < 1.29 is 4.79 Å². The second kappa shape index (κ2) is 7.43. The molecule has 3 aromatic rings. The van der Waals surface area contributed by atoms with E-state index in [1.54, 1.807) is 0 Å². The van der Waals surface area contributed by atoms with E-state index in [1.165, 1.54) is 29.9 Å². The second-order valence-electron chi connectivity index (χ2n) is 5.83. The number of carbonyl (C=O) groups excluding carboxylic acids is 1. The van der Waals surface area contributed by atoms with Gasteiger partial charge < -0.3 is 4.90 Å². The lowest BCUT2D eigenvalue weighted by Crippen LogP contribution is -2.16. The molecule has 4 rings (SSSR count). The molecule has 1 aliphatic rings. The molecule has 0 bridgehead atoms. The van der Waals surface area contributed by atoms with Crippen LogP contribution in [0.4, 0.5) is 5.69 Å². The van der Waals surface area contributed by atoms with E-state index in [0.717, 1.165) is 26.5 Å². The highest BCUT2D eigenvalue weighted by molar-refractivity contribution is 8.03. The van der Waals surface area contributed by atoms with Crippen molar-refractivity contribution in [2.75, 3.05) is 17.7 Å².